The highest BCUT2D eigenvalue weighted by molar-refractivity contribution is 6.28. The van der Waals surface area contributed by atoms with Crippen LogP contribution < -0.4 is 5.73 Å². The first-order chi connectivity index (χ1) is 7.08. The van der Waals surface area contributed by atoms with E-state index < -0.39 is 13.0 Å². The third-order valence-electron chi connectivity index (χ3n) is 1.39. The van der Waals surface area contributed by atoms with E-state index in [1.165, 1.54) is 0 Å². The van der Waals surface area contributed by atoms with E-state index in [-0.39, 0.29) is 24.3 Å². The van der Waals surface area contributed by atoms with E-state index >= 15 is 0 Å². The van der Waals surface area contributed by atoms with Gasteiger partial charge in [0.1, 0.15) is 12.4 Å². The number of nitrogens with two attached hydrogens (primary N) is 1. The molecule has 8 heteroatoms. The van der Waals surface area contributed by atoms with E-state index in [4.69, 9.17) is 17.3 Å². The smallest absolute Gasteiger partial charge is 0.261 e. The fourth-order valence-electron chi connectivity index (χ4n) is 0.856. The minimum atomic E-state index is -2.47. The molecule has 0 saturated carbocycles. The molecule has 0 aliphatic heterocycles. The van der Waals surface area contributed by atoms with Crippen molar-refractivity contribution in [1.82, 2.24) is 15.0 Å². The second-order valence-electron chi connectivity index (χ2n) is 2.59. The summed E-state index contributed by atoms with van der Waals surface area (Å²) in [5, 5.41) is -0.0219. The molecule has 0 bridgehead atoms. The SMILES string of the molecule is Nc1nc(Cl)nc(CCOCC(F)F)n1. The lowest BCUT2D eigenvalue weighted by atomic mass is 10.4. The van der Waals surface area contributed by atoms with Gasteiger partial charge in [-0.2, -0.15) is 9.97 Å². The number of hydrogen-bond donors (Lipinski definition) is 1. The number of aromatic nitrogens is 3. The van der Waals surface area contributed by atoms with Gasteiger partial charge in [0, 0.05) is 6.42 Å². The standard InChI is InChI=1S/C7H9ClF2N4O/c8-6-12-5(13-7(11)14-6)1-2-15-3-4(9)10/h4H,1-3H2,(H2,11,12,13,14). The quantitative estimate of drug-likeness (QED) is 0.773. The molecule has 0 aliphatic carbocycles. The van der Waals surface area contributed by atoms with Crippen LogP contribution in [0.15, 0.2) is 0 Å². The summed E-state index contributed by atoms with van der Waals surface area (Å²) in [6.45, 7) is -0.515. The van der Waals surface area contributed by atoms with Crippen LogP contribution in [0.4, 0.5) is 14.7 Å². The largest absolute Gasteiger partial charge is 0.375 e. The Morgan fingerprint density at radius 3 is 2.67 bits per heavy atom. The third-order valence-corrected chi connectivity index (χ3v) is 1.55. The van der Waals surface area contributed by atoms with Gasteiger partial charge in [-0.3, -0.25) is 0 Å². The highest BCUT2D eigenvalue weighted by Gasteiger charge is 2.04. The normalized spacial score (nSPS) is 10.9. The average Bonchev–Trinajstić information content (AvgIpc) is 2.10. The van der Waals surface area contributed by atoms with E-state index in [0.29, 0.717) is 5.82 Å². The number of rotatable bonds is 5. The second kappa shape index (κ2) is 5.72. The van der Waals surface area contributed by atoms with Crippen LogP contribution in [0.25, 0.3) is 0 Å². The Balaban J connectivity index is 2.37. The van der Waals surface area contributed by atoms with Gasteiger partial charge in [0.25, 0.3) is 6.43 Å². The molecule has 0 atom stereocenters. The zero-order valence-electron chi connectivity index (χ0n) is 7.66. The lowest BCUT2D eigenvalue weighted by molar-refractivity contribution is 0.0183. The maximum Gasteiger partial charge on any atom is 0.261 e. The predicted molar refractivity (Wildman–Crippen MR) is 49.8 cm³/mol. The molecular formula is C7H9ClF2N4O. The minimum Gasteiger partial charge on any atom is -0.375 e. The van der Waals surface area contributed by atoms with Gasteiger partial charge in [-0.25, -0.2) is 13.8 Å². The highest BCUT2D eigenvalue weighted by Crippen LogP contribution is 2.03. The molecule has 0 aliphatic rings. The summed E-state index contributed by atoms with van der Waals surface area (Å²) in [5.41, 5.74) is 5.30. The van der Waals surface area contributed by atoms with Crippen molar-refractivity contribution in [3.63, 3.8) is 0 Å². The van der Waals surface area contributed by atoms with E-state index in [9.17, 15) is 8.78 Å². The van der Waals surface area contributed by atoms with Crippen LogP contribution in [0, 0.1) is 0 Å². The summed E-state index contributed by atoms with van der Waals surface area (Å²) < 4.78 is 28.0. The van der Waals surface area contributed by atoms with Crippen LogP contribution in [0.1, 0.15) is 5.82 Å². The molecule has 0 radical (unpaired) electrons. The van der Waals surface area contributed by atoms with Crippen molar-refractivity contribution in [2.24, 2.45) is 0 Å². The Bertz CT molecular complexity index is 306. The average molecular weight is 239 g/mol. The van der Waals surface area contributed by atoms with Crippen LogP contribution in [0.5, 0.6) is 0 Å². The Morgan fingerprint density at radius 2 is 2.07 bits per heavy atom. The number of hydrogen-bond acceptors (Lipinski definition) is 5. The Labute approximate surface area is 89.6 Å². The molecule has 0 unspecified atom stereocenters. The lowest BCUT2D eigenvalue weighted by Crippen LogP contribution is -2.10. The minimum absolute atomic E-state index is 0.00106. The maximum absolute atomic E-state index is 11.7. The monoisotopic (exact) mass is 238 g/mol. The maximum atomic E-state index is 11.7. The summed E-state index contributed by atoms with van der Waals surface area (Å²) in [6.07, 6.45) is -2.21. The molecule has 1 aromatic heterocycles. The summed E-state index contributed by atoms with van der Waals surface area (Å²) in [4.78, 5) is 11.1. The topological polar surface area (TPSA) is 73.9 Å². The van der Waals surface area contributed by atoms with Crippen LogP contribution in [0.3, 0.4) is 0 Å². The molecule has 0 spiro atoms. The van der Waals surface area contributed by atoms with Crippen LogP contribution in [-0.4, -0.2) is 34.6 Å². The fourth-order valence-corrected chi connectivity index (χ4v) is 1.04. The van der Waals surface area contributed by atoms with Gasteiger partial charge in [0.2, 0.25) is 11.2 Å². The predicted octanol–water partition coefficient (Wildman–Crippen LogP) is 0.931. The molecule has 5 nitrogen and oxygen atoms in total. The van der Waals surface area contributed by atoms with Crippen LogP contribution in [-0.2, 0) is 11.2 Å². The molecule has 1 heterocycles. The fraction of sp³-hybridized carbons (Fsp3) is 0.571. The van der Waals surface area contributed by atoms with Gasteiger partial charge >= 0.3 is 0 Å². The second-order valence-corrected chi connectivity index (χ2v) is 2.93. The molecule has 0 aromatic carbocycles. The van der Waals surface area contributed by atoms with Crippen molar-refractivity contribution in [2.45, 2.75) is 12.8 Å². The Hall–Kier alpha value is -1.08. The summed E-state index contributed by atoms with van der Waals surface area (Å²) in [5.74, 6) is 0.320. The molecule has 0 fully saturated rings. The molecule has 2 N–H and O–H groups in total. The van der Waals surface area contributed by atoms with Crippen molar-refractivity contribution in [1.29, 1.82) is 0 Å². The number of alkyl halides is 2. The zero-order chi connectivity index (χ0) is 11.3. The van der Waals surface area contributed by atoms with Crippen molar-refractivity contribution in [3.8, 4) is 0 Å². The number of nitrogen functional groups attached to an aromatic ring is 1. The van der Waals surface area contributed by atoms with Gasteiger partial charge < -0.3 is 10.5 Å². The third kappa shape index (κ3) is 4.80. The Morgan fingerprint density at radius 1 is 1.33 bits per heavy atom. The number of anilines is 1. The molecular weight excluding hydrogens is 230 g/mol. The Kier molecular flexibility index (Phi) is 4.57. The molecule has 84 valence electrons. The van der Waals surface area contributed by atoms with E-state index in [1.54, 1.807) is 0 Å². The summed E-state index contributed by atoms with van der Waals surface area (Å²) in [6, 6.07) is 0. The first kappa shape index (κ1) is 12.0. The van der Waals surface area contributed by atoms with Gasteiger partial charge in [-0.1, -0.05) is 0 Å². The molecule has 0 amide bonds. The number of halogens is 3. The van der Waals surface area contributed by atoms with Crippen molar-refractivity contribution in [3.05, 3.63) is 11.1 Å². The number of nitrogens with zero attached hydrogens (tertiary/aromatic N) is 3. The van der Waals surface area contributed by atoms with Crippen LogP contribution >= 0.6 is 11.6 Å². The molecule has 0 saturated heterocycles. The molecule has 1 rings (SSSR count). The van der Waals surface area contributed by atoms with Crippen LogP contribution in [0.2, 0.25) is 5.28 Å². The zero-order valence-corrected chi connectivity index (χ0v) is 8.42. The highest BCUT2D eigenvalue weighted by atomic mass is 35.5. The molecule has 15 heavy (non-hydrogen) atoms. The first-order valence-corrected chi connectivity index (χ1v) is 4.47. The van der Waals surface area contributed by atoms with E-state index in [2.05, 4.69) is 19.7 Å². The van der Waals surface area contributed by atoms with Gasteiger partial charge in [-0.05, 0) is 11.6 Å². The lowest BCUT2D eigenvalue weighted by Gasteiger charge is -2.03. The summed E-state index contributed by atoms with van der Waals surface area (Å²) >= 11 is 5.51. The van der Waals surface area contributed by atoms with Gasteiger partial charge in [0.05, 0.1) is 6.61 Å². The molecule has 1 aromatic rings. The van der Waals surface area contributed by atoms with Gasteiger partial charge in [0.15, 0.2) is 0 Å². The van der Waals surface area contributed by atoms with Crippen molar-refractivity contribution in [2.75, 3.05) is 18.9 Å². The first-order valence-electron chi connectivity index (χ1n) is 4.09. The van der Waals surface area contributed by atoms with Crippen molar-refractivity contribution < 1.29 is 13.5 Å². The van der Waals surface area contributed by atoms with Crippen molar-refractivity contribution >= 4 is 17.5 Å². The van der Waals surface area contributed by atoms with E-state index in [1.807, 2.05) is 0 Å². The summed E-state index contributed by atoms with van der Waals surface area (Å²) in [7, 11) is 0. The number of ether oxygens (including phenoxy) is 1. The van der Waals surface area contributed by atoms with Gasteiger partial charge in [-0.15, -0.1) is 0 Å². The van der Waals surface area contributed by atoms with E-state index in [0.717, 1.165) is 0 Å².